The zero-order chi connectivity index (χ0) is 11.3. The molecule has 2 aliphatic rings. The van der Waals surface area contributed by atoms with Crippen molar-refractivity contribution < 1.29 is 5.11 Å². The molecule has 2 rings (SSSR count). The number of hydrogen-bond acceptors (Lipinski definition) is 2. The van der Waals surface area contributed by atoms with E-state index in [1.165, 1.54) is 19.3 Å². The van der Waals surface area contributed by atoms with E-state index in [2.05, 4.69) is 13.8 Å². The van der Waals surface area contributed by atoms with Gasteiger partial charge in [0.05, 0.1) is 5.60 Å². The summed E-state index contributed by atoms with van der Waals surface area (Å²) in [4.78, 5) is 0. The molecule has 0 heterocycles. The Labute approximate surface area is 93.2 Å². The van der Waals surface area contributed by atoms with Gasteiger partial charge in [-0.05, 0) is 43.9 Å². The van der Waals surface area contributed by atoms with Crippen LogP contribution in [0.1, 0.15) is 46.5 Å². The van der Waals surface area contributed by atoms with Crippen LogP contribution in [0.5, 0.6) is 0 Å². The summed E-state index contributed by atoms with van der Waals surface area (Å²) in [5, 5.41) is 10.8. The van der Waals surface area contributed by atoms with Gasteiger partial charge in [-0.1, -0.05) is 20.3 Å². The van der Waals surface area contributed by atoms with Crippen molar-refractivity contribution in [2.45, 2.75) is 52.1 Å². The molecule has 4 atom stereocenters. The summed E-state index contributed by atoms with van der Waals surface area (Å²) in [5.74, 6) is 1.80. The molecule has 0 aliphatic heterocycles. The molecule has 2 bridgehead atoms. The van der Waals surface area contributed by atoms with Gasteiger partial charge < -0.3 is 10.8 Å². The summed E-state index contributed by atoms with van der Waals surface area (Å²) in [7, 11) is 0. The van der Waals surface area contributed by atoms with Crippen LogP contribution >= 0.6 is 0 Å². The molecule has 0 spiro atoms. The van der Waals surface area contributed by atoms with E-state index in [9.17, 15) is 5.11 Å². The van der Waals surface area contributed by atoms with Gasteiger partial charge in [0.15, 0.2) is 0 Å². The molecule has 88 valence electrons. The van der Waals surface area contributed by atoms with Crippen LogP contribution in [0.3, 0.4) is 0 Å². The molecule has 2 saturated carbocycles. The summed E-state index contributed by atoms with van der Waals surface area (Å²) in [6, 6.07) is 0. The lowest BCUT2D eigenvalue weighted by Crippen LogP contribution is -2.56. The molecule has 15 heavy (non-hydrogen) atoms. The Hall–Kier alpha value is -0.0800. The Morgan fingerprint density at radius 1 is 1.47 bits per heavy atom. The van der Waals surface area contributed by atoms with Crippen LogP contribution in [0, 0.1) is 23.2 Å². The largest absolute Gasteiger partial charge is 0.389 e. The summed E-state index contributed by atoms with van der Waals surface area (Å²) in [6.07, 6.45) is 5.10. The number of rotatable bonds is 3. The molecule has 2 heteroatoms. The first-order valence-corrected chi connectivity index (χ1v) is 6.36. The minimum absolute atomic E-state index is 0.00405. The topological polar surface area (TPSA) is 46.2 Å². The highest BCUT2D eigenvalue weighted by molar-refractivity contribution is 5.10. The fourth-order valence-electron chi connectivity index (χ4n) is 4.10. The van der Waals surface area contributed by atoms with Gasteiger partial charge in [0.2, 0.25) is 0 Å². The lowest BCUT2D eigenvalue weighted by Gasteiger charge is -2.50. The molecule has 2 nitrogen and oxygen atoms in total. The van der Waals surface area contributed by atoms with Crippen molar-refractivity contribution in [1.82, 2.24) is 0 Å². The number of nitrogens with two attached hydrogens (primary N) is 1. The van der Waals surface area contributed by atoms with E-state index in [0.717, 1.165) is 12.3 Å². The Balaban J connectivity index is 2.30. The maximum Gasteiger partial charge on any atom is 0.0713 e. The second-order valence-electron chi connectivity index (χ2n) is 6.24. The first-order chi connectivity index (χ1) is 6.94. The fraction of sp³-hybridized carbons (Fsp3) is 1.00. The van der Waals surface area contributed by atoms with Gasteiger partial charge in [-0.25, -0.2) is 0 Å². The highest BCUT2D eigenvalue weighted by Crippen LogP contribution is 2.61. The van der Waals surface area contributed by atoms with E-state index in [1.54, 1.807) is 0 Å². The van der Waals surface area contributed by atoms with Crippen LogP contribution in [0.15, 0.2) is 0 Å². The van der Waals surface area contributed by atoms with Crippen LogP contribution in [-0.4, -0.2) is 17.3 Å². The van der Waals surface area contributed by atoms with Crippen molar-refractivity contribution in [3.63, 3.8) is 0 Å². The van der Waals surface area contributed by atoms with Crippen molar-refractivity contribution >= 4 is 0 Å². The monoisotopic (exact) mass is 211 g/mol. The molecular formula is C13H25NO. The standard InChI is InChI=1S/C13H25NO/c1-9(2)12(3,15)13(8-14)7-10-4-5-11(13)6-10/h9-11,15H,4-8,14H2,1-3H3. The highest BCUT2D eigenvalue weighted by atomic mass is 16.3. The normalized spacial score (nSPS) is 43.6. The van der Waals surface area contributed by atoms with Crippen LogP contribution < -0.4 is 5.73 Å². The Morgan fingerprint density at radius 2 is 2.13 bits per heavy atom. The first-order valence-electron chi connectivity index (χ1n) is 6.36. The van der Waals surface area contributed by atoms with Crippen LogP contribution in [0.4, 0.5) is 0 Å². The molecule has 0 aromatic rings. The molecule has 0 saturated heterocycles. The van der Waals surface area contributed by atoms with Gasteiger partial charge in [-0.2, -0.15) is 0 Å². The lowest BCUT2D eigenvalue weighted by atomic mass is 9.59. The van der Waals surface area contributed by atoms with Gasteiger partial charge >= 0.3 is 0 Å². The van der Waals surface area contributed by atoms with Crippen molar-refractivity contribution in [3.05, 3.63) is 0 Å². The van der Waals surface area contributed by atoms with Crippen molar-refractivity contribution in [3.8, 4) is 0 Å². The second kappa shape index (κ2) is 3.46. The van der Waals surface area contributed by atoms with Gasteiger partial charge in [0.25, 0.3) is 0 Å². The average Bonchev–Trinajstić information content (AvgIpc) is 2.76. The summed E-state index contributed by atoms with van der Waals surface area (Å²) < 4.78 is 0. The van der Waals surface area contributed by atoms with E-state index >= 15 is 0 Å². The maximum atomic E-state index is 10.8. The molecule has 2 aliphatic carbocycles. The Morgan fingerprint density at radius 3 is 2.47 bits per heavy atom. The van der Waals surface area contributed by atoms with Gasteiger partial charge in [-0.3, -0.25) is 0 Å². The van der Waals surface area contributed by atoms with Gasteiger partial charge in [0, 0.05) is 12.0 Å². The molecule has 2 fully saturated rings. The third-order valence-electron chi connectivity index (χ3n) is 5.47. The fourth-order valence-corrected chi connectivity index (χ4v) is 4.10. The summed E-state index contributed by atoms with van der Waals surface area (Å²) in [6.45, 7) is 6.89. The van der Waals surface area contributed by atoms with Crippen LogP contribution in [0.25, 0.3) is 0 Å². The zero-order valence-corrected chi connectivity index (χ0v) is 10.3. The molecule has 0 aromatic heterocycles. The van der Waals surface area contributed by atoms with Crippen LogP contribution in [-0.2, 0) is 0 Å². The van der Waals surface area contributed by atoms with E-state index in [1.807, 2.05) is 6.92 Å². The Kier molecular flexibility index (Phi) is 2.63. The third kappa shape index (κ3) is 1.38. The number of fused-ring (bicyclic) bond motifs is 2. The molecule has 0 amide bonds. The van der Waals surface area contributed by atoms with E-state index in [-0.39, 0.29) is 5.41 Å². The number of aliphatic hydroxyl groups is 1. The van der Waals surface area contributed by atoms with E-state index in [0.29, 0.717) is 18.4 Å². The minimum Gasteiger partial charge on any atom is -0.389 e. The van der Waals surface area contributed by atoms with E-state index < -0.39 is 5.60 Å². The Bertz CT molecular complexity index is 249. The molecular weight excluding hydrogens is 186 g/mol. The van der Waals surface area contributed by atoms with Crippen molar-refractivity contribution in [2.24, 2.45) is 28.9 Å². The van der Waals surface area contributed by atoms with Gasteiger partial charge in [0.1, 0.15) is 0 Å². The third-order valence-corrected chi connectivity index (χ3v) is 5.47. The molecule has 0 radical (unpaired) electrons. The first kappa shape index (κ1) is 11.4. The predicted molar refractivity (Wildman–Crippen MR) is 62.4 cm³/mol. The summed E-state index contributed by atoms with van der Waals surface area (Å²) in [5.41, 5.74) is 5.43. The maximum absolute atomic E-state index is 10.8. The van der Waals surface area contributed by atoms with Gasteiger partial charge in [-0.15, -0.1) is 0 Å². The van der Waals surface area contributed by atoms with Crippen LogP contribution in [0.2, 0.25) is 0 Å². The van der Waals surface area contributed by atoms with Crippen molar-refractivity contribution in [1.29, 1.82) is 0 Å². The minimum atomic E-state index is -0.596. The quantitative estimate of drug-likeness (QED) is 0.751. The summed E-state index contributed by atoms with van der Waals surface area (Å²) >= 11 is 0. The lowest BCUT2D eigenvalue weighted by molar-refractivity contribution is -0.126. The SMILES string of the molecule is CC(C)C(C)(O)C1(CN)CC2CCC1C2. The van der Waals surface area contributed by atoms with E-state index in [4.69, 9.17) is 5.73 Å². The molecule has 0 aromatic carbocycles. The molecule has 3 N–H and O–H groups in total. The second-order valence-corrected chi connectivity index (χ2v) is 6.24. The predicted octanol–water partition coefficient (Wildman–Crippen LogP) is 2.16. The highest BCUT2D eigenvalue weighted by Gasteiger charge is 2.59. The average molecular weight is 211 g/mol. The molecule has 4 unspecified atom stereocenters. The zero-order valence-electron chi connectivity index (χ0n) is 10.3. The number of hydrogen-bond donors (Lipinski definition) is 2. The van der Waals surface area contributed by atoms with Crippen molar-refractivity contribution in [2.75, 3.05) is 6.54 Å². The smallest absolute Gasteiger partial charge is 0.0713 e.